The van der Waals surface area contributed by atoms with Crippen molar-refractivity contribution in [3.8, 4) is 0 Å². The topological polar surface area (TPSA) is 95.3 Å². The molecule has 0 spiro atoms. The molecule has 3 N–H and O–H groups in total. The molecule has 4 aromatic rings. The van der Waals surface area contributed by atoms with Gasteiger partial charge < -0.3 is 19.8 Å². The number of aromatic nitrogens is 2. The van der Waals surface area contributed by atoms with Crippen LogP contribution in [0.25, 0.3) is 33.0 Å². The third-order valence-corrected chi connectivity index (χ3v) is 7.55. The van der Waals surface area contributed by atoms with Crippen LogP contribution < -0.4 is 0 Å². The molecule has 5 rings (SSSR count). The van der Waals surface area contributed by atoms with Crippen molar-refractivity contribution in [2.24, 2.45) is 7.05 Å². The quantitative estimate of drug-likeness (QED) is 0.188. The molecule has 2 aromatic heterocycles. The highest BCUT2D eigenvalue weighted by atomic mass is 16.3. The van der Waals surface area contributed by atoms with E-state index in [4.69, 9.17) is 0 Å². The van der Waals surface area contributed by atoms with Crippen LogP contribution in [0.15, 0.2) is 84.5 Å². The highest BCUT2D eigenvalue weighted by Gasteiger charge is 2.40. The van der Waals surface area contributed by atoms with Gasteiger partial charge in [-0.25, -0.2) is 0 Å². The Kier molecular flexibility index (Phi) is 6.22. The van der Waals surface area contributed by atoms with Crippen molar-refractivity contribution in [2.45, 2.75) is 39.5 Å². The molecule has 0 saturated heterocycles. The largest absolute Gasteiger partial charge is 0.504 e. The first kappa shape index (κ1) is 26.0. The van der Waals surface area contributed by atoms with E-state index in [1.54, 1.807) is 12.3 Å². The molecular weight excluding hydrogens is 488 g/mol. The summed E-state index contributed by atoms with van der Waals surface area (Å²) >= 11 is 0. The standard InChI is InChI=1S/C33H32N2O4/c1-7-33(4,5)32-24(21-12-8-9-14-23(21)34-32)26-30(38)28(36)25(29(37)31(26)39)22-17-35(6)27-19(16-15-18(2)3)11-10-13-20(22)27/h7-15,17,34,36,39H,1,16H2,2-6H3. The summed E-state index contributed by atoms with van der Waals surface area (Å²) < 4.78 is 1.89. The molecule has 39 heavy (non-hydrogen) atoms. The Bertz CT molecular complexity index is 1800. The smallest absolute Gasteiger partial charge is 0.232 e. The molecule has 0 saturated carbocycles. The molecule has 1 aliphatic rings. The van der Waals surface area contributed by atoms with Gasteiger partial charge in [0.1, 0.15) is 0 Å². The molecular formula is C33H32N2O4. The number of nitrogens with zero attached hydrogens (tertiary/aromatic N) is 1. The molecule has 0 radical (unpaired) electrons. The van der Waals surface area contributed by atoms with Crippen molar-refractivity contribution in [1.29, 1.82) is 0 Å². The van der Waals surface area contributed by atoms with Crippen LogP contribution in [0.1, 0.15) is 50.1 Å². The molecule has 0 unspecified atom stereocenters. The Morgan fingerprint density at radius 3 is 2.31 bits per heavy atom. The predicted octanol–water partition coefficient (Wildman–Crippen LogP) is 7.02. The highest BCUT2D eigenvalue weighted by Crippen LogP contribution is 2.43. The highest BCUT2D eigenvalue weighted by molar-refractivity contribution is 6.48. The number of nitrogens with one attached hydrogen (secondary N) is 1. The van der Waals surface area contributed by atoms with Crippen molar-refractivity contribution in [3.63, 3.8) is 0 Å². The van der Waals surface area contributed by atoms with E-state index in [-0.39, 0.29) is 11.1 Å². The molecule has 0 bridgehead atoms. The summed E-state index contributed by atoms with van der Waals surface area (Å²) in [5, 5.41) is 24.0. The SMILES string of the molecule is C=CC(C)(C)c1[nH]c2ccccc2c1C1=C(O)C(=O)C(c2cn(C)c3c(CC=C(C)C)cccc23)=C(O)C1=O. The van der Waals surface area contributed by atoms with Gasteiger partial charge in [0.25, 0.3) is 0 Å². The number of Topliss-reactive ketones (excluding diaryl/α,β-unsaturated/α-hetero) is 2. The number of carbonyl (C=O) groups excluding carboxylic acids is 2. The number of aliphatic hydroxyl groups is 2. The maximum Gasteiger partial charge on any atom is 0.232 e. The molecule has 6 nitrogen and oxygen atoms in total. The van der Waals surface area contributed by atoms with E-state index in [2.05, 4.69) is 17.6 Å². The molecule has 2 aromatic carbocycles. The van der Waals surface area contributed by atoms with Crippen molar-refractivity contribution < 1.29 is 19.8 Å². The van der Waals surface area contributed by atoms with Crippen molar-refractivity contribution in [1.82, 2.24) is 9.55 Å². The van der Waals surface area contributed by atoms with Gasteiger partial charge in [-0.1, -0.05) is 68.0 Å². The first-order valence-corrected chi connectivity index (χ1v) is 12.9. The van der Waals surface area contributed by atoms with Gasteiger partial charge in [0.05, 0.1) is 16.7 Å². The van der Waals surface area contributed by atoms with Crippen LogP contribution in [0.4, 0.5) is 0 Å². The molecule has 1 aliphatic carbocycles. The van der Waals surface area contributed by atoms with E-state index in [9.17, 15) is 19.8 Å². The van der Waals surface area contributed by atoms with Gasteiger partial charge in [-0.2, -0.15) is 0 Å². The first-order chi connectivity index (χ1) is 18.5. The van der Waals surface area contributed by atoms with Crippen molar-refractivity contribution in [3.05, 3.63) is 107 Å². The zero-order valence-corrected chi connectivity index (χ0v) is 22.8. The third kappa shape index (κ3) is 4.04. The summed E-state index contributed by atoms with van der Waals surface area (Å²) in [5.74, 6) is -2.96. The summed E-state index contributed by atoms with van der Waals surface area (Å²) in [5.41, 5.74) is 4.24. The number of H-pyrrole nitrogens is 1. The Labute approximate surface area is 227 Å². The number of carbonyl (C=O) groups is 2. The maximum atomic E-state index is 13.8. The van der Waals surface area contributed by atoms with Crippen LogP contribution >= 0.6 is 0 Å². The normalized spacial score (nSPS) is 14.6. The summed E-state index contributed by atoms with van der Waals surface area (Å²) in [6, 6.07) is 13.1. The zero-order valence-electron chi connectivity index (χ0n) is 22.8. The lowest BCUT2D eigenvalue weighted by molar-refractivity contribution is -0.116. The number of ketones is 2. The van der Waals surface area contributed by atoms with Crippen LogP contribution in [0.2, 0.25) is 0 Å². The lowest BCUT2D eigenvalue weighted by Gasteiger charge is -2.24. The number of rotatable bonds is 6. The number of fused-ring (bicyclic) bond motifs is 2. The van der Waals surface area contributed by atoms with E-state index in [1.165, 1.54) is 5.57 Å². The zero-order chi connectivity index (χ0) is 28.2. The number of aromatic amines is 1. The second-order valence-corrected chi connectivity index (χ2v) is 10.9. The lowest BCUT2D eigenvalue weighted by atomic mass is 9.80. The minimum absolute atomic E-state index is 0.199. The van der Waals surface area contributed by atoms with Crippen LogP contribution in [0.3, 0.4) is 0 Å². The summed E-state index contributed by atoms with van der Waals surface area (Å²) in [6.07, 6.45) is 6.28. The average Bonchev–Trinajstić information content (AvgIpc) is 3.46. The number of aliphatic hydroxyl groups excluding tert-OH is 2. The fraction of sp³-hybridized carbons (Fsp3) is 0.212. The molecule has 0 fully saturated rings. The number of hydrogen-bond donors (Lipinski definition) is 3. The van der Waals surface area contributed by atoms with Crippen LogP contribution in [-0.2, 0) is 28.5 Å². The first-order valence-electron chi connectivity index (χ1n) is 12.9. The Hall–Kier alpha value is -4.58. The van der Waals surface area contributed by atoms with Crippen molar-refractivity contribution >= 4 is 44.5 Å². The molecule has 0 amide bonds. The third-order valence-electron chi connectivity index (χ3n) is 7.55. The summed E-state index contributed by atoms with van der Waals surface area (Å²) in [7, 11) is 1.86. The van der Waals surface area contributed by atoms with E-state index >= 15 is 0 Å². The monoisotopic (exact) mass is 520 g/mol. The van der Waals surface area contributed by atoms with Gasteiger partial charge in [-0.3, -0.25) is 9.59 Å². The Morgan fingerprint density at radius 2 is 1.62 bits per heavy atom. The van der Waals surface area contributed by atoms with E-state index < -0.39 is 28.5 Å². The molecule has 2 heterocycles. The van der Waals surface area contributed by atoms with Gasteiger partial charge in [-0.05, 0) is 31.9 Å². The van der Waals surface area contributed by atoms with Gasteiger partial charge in [0.15, 0.2) is 11.5 Å². The lowest BCUT2D eigenvalue weighted by Crippen LogP contribution is -2.25. The van der Waals surface area contributed by atoms with Gasteiger partial charge in [0, 0.05) is 51.8 Å². The maximum absolute atomic E-state index is 13.8. The van der Waals surface area contributed by atoms with E-state index in [1.807, 2.05) is 81.8 Å². The molecule has 198 valence electrons. The number of aryl methyl sites for hydroxylation is 1. The van der Waals surface area contributed by atoms with Crippen LogP contribution in [-0.4, -0.2) is 31.3 Å². The minimum Gasteiger partial charge on any atom is -0.504 e. The second kappa shape index (κ2) is 9.31. The fourth-order valence-electron chi connectivity index (χ4n) is 5.38. The predicted molar refractivity (Wildman–Crippen MR) is 157 cm³/mol. The number of para-hydroxylation sites is 2. The Morgan fingerprint density at radius 1 is 0.974 bits per heavy atom. The minimum atomic E-state index is -0.800. The van der Waals surface area contributed by atoms with Gasteiger partial charge in [-0.15, -0.1) is 6.58 Å². The van der Waals surface area contributed by atoms with Gasteiger partial charge in [0.2, 0.25) is 11.6 Å². The van der Waals surface area contributed by atoms with E-state index in [0.29, 0.717) is 28.6 Å². The molecule has 6 heteroatoms. The van der Waals surface area contributed by atoms with Crippen molar-refractivity contribution in [2.75, 3.05) is 0 Å². The molecule has 0 atom stereocenters. The second-order valence-electron chi connectivity index (χ2n) is 10.9. The summed E-state index contributed by atoms with van der Waals surface area (Å²) in [6.45, 7) is 11.8. The van der Waals surface area contributed by atoms with Gasteiger partial charge >= 0.3 is 0 Å². The van der Waals surface area contributed by atoms with E-state index in [0.717, 1.165) is 22.0 Å². The average molecular weight is 521 g/mol. The molecule has 0 aliphatic heterocycles. The number of allylic oxidation sites excluding steroid dienone is 5. The summed E-state index contributed by atoms with van der Waals surface area (Å²) in [4.78, 5) is 30.9. The van der Waals surface area contributed by atoms with Crippen LogP contribution in [0.5, 0.6) is 0 Å². The Balaban J connectivity index is 1.72. The number of hydrogen-bond acceptors (Lipinski definition) is 4. The van der Waals surface area contributed by atoms with Crippen LogP contribution in [0, 0.1) is 0 Å². The number of benzene rings is 2. The fourth-order valence-corrected chi connectivity index (χ4v) is 5.38.